The monoisotopic (exact) mass is 131 g/mol. The molecule has 1 aliphatic carbocycles. The first kappa shape index (κ1) is 6.52. The second-order valence-electron chi connectivity index (χ2n) is 2.29. The van der Waals surface area contributed by atoms with E-state index in [1.165, 1.54) is 7.11 Å². The Labute approximate surface area is 53.0 Å². The van der Waals surface area contributed by atoms with Crippen molar-refractivity contribution in [1.29, 1.82) is 0 Å². The maximum absolute atomic E-state index is 12.1. The fourth-order valence-corrected chi connectivity index (χ4v) is 0.908. The number of alkyl halides is 1. The second-order valence-corrected chi connectivity index (χ2v) is 2.29. The van der Waals surface area contributed by atoms with Crippen LogP contribution in [0, 0.1) is 5.92 Å². The van der Waals surface area contributed by atoms with Crippen LogP contribution in [0.5, 0.6) is 0 Å². The van der Waals surface area contributed by atoms with E-state index in [9.17, 15) is 9.18 Å². The van der Waals surface area contributed by atoms with Crippen molar-refractivity contribution in [2.75, 3.05) is 7.11 Å². The summed E-state index contributed by atoms with van der Waals surface area (Å²) in [7, 11) is 1.33. The van der Waals surface area contributed by atoms with Gasteiger partial charge in [0, 0.05) is 0 Å². The van der Waals surface area contributed by atoms with Crippen LogP contribution in [0.15, 0.2) is 0 Å². The molecule has 1 fully saturated rings. The average Bonchev–Trinajstić information content (AvgIpc) is 1.79. The van der Waals surface area contributed by atoms with Gasteiger partial charge in [0.25, 0.3) is 0 Å². The van der Waals surface area contributed by atoms with Crippen molar-refractivity contribution in [3.63, 3.8) is 0 Å². The van der Waals surface area contributed by atoms with Crippen LogP contribution >= 0.6 is 0 Å². The highest BCUT2D eigenvalue weighted by atomic mass is 18.2. The molecule has 0 aromatic rings. The summed E-state index contributed by atoms with van der Waals surface area (Å²) in [6, 6.07) is 0. The number of halogens is 1. The van der Waals surface area contributed by atoms with Gasteiger partial charge in [0.05, 0.1) is 13.0 Å². The maximum Gasteiger partial charge on any atom is 0.308 e. The quantitative estimate of drug-likeness (QED) is 0.494. The average molecular weight is 131 g/mol. The Morgan fingerprint density at radius 3 is 2.56 bits per heavy atom. The van der Waals surface area contributed by atoms with Crippen molar-refractivity contribution >= 4 is 5.97 Å². The van der Waals surface area contributed by atoms with Crippen molar-refractivity contribution in [3.8, 4) is 0 Å². The van der Waals surface area contributed by atoms with E-state index in [1.807, 2.05) is 0 Å². The van der Waals surface area contributed by atoms with E-state index in [4.69, 9.17) is 0 Å². The Balaban J connectivity index is 2.23. The van der Waals surface area contributed by atoms with Crippen LogP contribution in [-0.2, 0) is 9.53 Å². The van der Waals surface area contributed by atoms with Crippen molar-refractivity contribution in [2.24, 2.45) is 5.92 Å². The number of carbonyl (C=O) groups excluding carboxylic acids is 1. The molecule has 0 atom stereocenters. The molecule has 9 heavy (non-hydrogen) atoms. The first-order valence-electron chi connectivity index (χ1n) is 2.96. The number of rotatable bonds is 1. The zero-order chi connectivity index (χ0) is 6.85. The molecule has 0 amide bonds. The third-order valence-corrected chi connectivity index (χ3v) is 1.62. The van der Waals surface area contributed by atoms with Gasteiger partial charge in [-0.3, -0.25) is 4.79 Å². The van der Waals surface area contributed by atoms with Gasteiger partial charge in [0.15, 0.2) is 0 Å². The lowest BCUT2D eigenvalue weighted by Crippen LogP contribution is -2.32. The summed E-state index contributed by atoms with van der Waals surface area (Å²) < 4.78 is 16.5. The highest BCUT2D eigenvalue weighted by Gasteiger charge is 2.35. The first-order valence-corrected chi connectivity index (χ1v) is 2.96. The van der Waals surface area contributed by atoms with Gasteiger partial charge in [0.1, 0.15) is 6.17 Å². The van der Waals surface area contributed by atoms with E-state index in [1.54, 1.807) is 0 Å². The first-order chi connectivity index (χ1) is 4.24. The van der Waals surface area contributed by atoms with Crippen molar-refractivity contribution in [1.82, 2.24) is 0 Å². The Bertz CT molecular complexity index is 118. The van der Waals surface area contributed by atoms with Crippen LogP contribution in [0.1, 0.15) is 12.8 Å². The molecule has 2 nitrogen and oxygen atoms in total. The number of ether oxygens (including phenoxy) is 1. The molecular weight excluding hydrogens is 122 g/mol. The molecule has 0 spiro atoms. The summed E-state index contributed by atoms with van der Waals surface area (Å²) in [5, 5.41) is 0. The Morgan fingerprint density at radius 2 is 2.22 bits per heavy atom. The fraction of sp³-hybridized carbons (Fsp3) is 0.833. The molecule has 3 heteroatoms. The number of esters is 1. The van der Waals surface area contributed by atoms with E-state index in [0.717, 1.165) is 0 Å². The third-order valence-electron chi connectivity index (χ3n) is 1.62. The summed E-state index contributed by atoms with van der Waals surface area (Å²) >= 11 is 0. The van der Waals surface area contributed by atoms with Gasteiger partial charge < -0.3 is 4.74 Å². The van der Waals surface area contributed by atoms with Crippen LogP contribution in [0.4, 0.5) is 4.39 Å². The normalized spacial score (nSPS) is 33.1. The summed E-state index contributed by atoms with van der Waals surface area (Å²) in [6.07, 6.45) is -0.0617. The number of carbonyl (C=O) groups is 1. The highest BCUT2D eigenvalue weighted by molar-refractivity contribution is 5.73. The minimum Gasteiger partial charge on any atom is -0.469 e. The molecule has 1 rings (SSSR count). The lowest BCUT2D eigenvalue weighted by Gasteiger charge is -2.26. The molecule has 0 aliphatic heterocycles. The van der Waals surface area contributed by atoms with E-state index >= 15 is 0 Å². The topological polar surface area (TPSA) is 26.3 Å². The number of hydrogen-bond donors (Lipinski definition) is 0. The molecule has 0 radical (unpaired) electrons. The zero-order valence-electron chi connectivity index (χ0n) is 5.26. The molecule has 0 bridgehead atoms. The maximum atomic E-state index is 12.1. The summed E-state index contributed by atoms with van der Waals surface area (Å²) in [4.78, 5) is 10.6. The fourth-order valence-electron chi connectivity index (χ4n) is 0.908. The predicted octanol–water partition coefficient (Wildman–Crippen LogP) is 0.907. The summed E-state index contributed by atoms with van der Waals surface area (Å²) in [6.45, 7) is 0. The summed E-state index contributed by atoms with van der Waals surface area (Å²) in [5.41, 5.74) is 0. The zero-order valence-corrected chi connectivity index (χ0v) is 5.26. The standard InChI is InChI=1S/C6H9FO2/c1-9-6(8)4-2-5(7)3-4/h4-5H,2-3H2,1H3/i7-1. The van der Waals surface area contributed by atoms with Gasteiger partial charge in [-0.05, 0) is 12.8 Å². The molecule has 1 aliphatic rings. The molecule has 1 saturated carbocycles. The van der Waals surface area contributed by atoms with Gasteiger partial charge in [0.2, 0.25) is 0 Å². The van der Waals surface area contributed by atoms with E-state index < -0.39 is 6.17 Å². The summed E-state index contributed by atoms with van der Waals surface area (Å²) in [5.74, 6) is -0.436. The second kappa shape index (κ2) is 2.33. The molecule has 0 saturated heterocycles. The molecule has 0 aromatic carbocycles. The Hall–Kier alpha value is -0.600. The minimum absolute atomic E-state index is 0.162. The lowest BCUT2D eigenvalue weighted by atomic mass is 9.83. The van der Waals surface area contributed by atoms with Crippen LogP contribution in [-0.4, -0.2) is 19.3 Å². The van der Waals surface area contributed by atoms with Crippen molar-refractivity contribution < 1.29 is 13.9 Å². The van der Waals surface area contributed by atoms with E-state index in [-0.39, 0.29) is 11.9 Å². The van der Waals surface area contributed by atoms with Crippen LogP contribution < -0.4 is 0 Å². The molecule has 0 N–H and O–H groups in total. The van der Waals surface area contributed by atoms with Gasteiger partial charge in [-0.2, -0.15) is 0 Å². The Morgan fingerprint density at radius 1 is 1.67 bits per heavy atom. The highest BCUT2D eigenvalue weighted by Crippen LogP contribution is 2.30. The van der Waals surface area contributed by atoms with Crippen molar-refractivity contribution in [3.05, 3.63) is 0 Å². The SMILES string of the molecule is COC(=O)C1CC([18F])C1. The Kier molecular flexibility index (Phi) is 1.69. The molecule has 0 heterocycles. The van der Waals surface area contributed by atoms with Gasteiger partial charge in [-0.15, -0.1) is 0 Å². The smallest absolute Gasteiger partial charge is 0.308 e. The van der Waals surface area contributed by atoms with Crippen molar-refractivity contribution in [2.45, 2.75) is 19.0 Å². The van der Waals surface area contributed by atoms with Gasteiger partial charge >= 0.3 is 5.97 Å². The van der Waals surface area contributed by atoms with E-state index in [2.05, 4.69) is 4.74 Å². The van der Waals surface area contributed by atoms with Gasteiger partial charge in [-0.1, -0.05) is 0 Å². The number of hydrogen-bond acceptors (Lipinski definition) is 2. The van der Waals surface area contributed by atoms with Crippen LogP contribution in [0.2, 0.25) is 0 Å². The largest absolute Gasteiger partial charge is 0.469 e. The molecule has 52 valence electrons. The lowest BCUT2D eigenvalue weighted by molar-refractivity contribution is -0.150. The van der Waals surface area contributed by atoms with Crippen LogP contribution in [0.25, 0.3) is 0 Å². The van der Waals surface area contributed by atoms with Gasteiger partial charge in [-0.25, -0.2) is 4.39 Å². The molecule has 0 unspecified atom stereocenters. The van der Waals surface area contributed by atoms with E-state index in [0.29, 0.717) is 12.8 Å². The predicted molar refractivity (Wildman–Crippen MR) is 29.6 cm³/mol. The minimum atomic E-state index is -0.769. The van der Waals surface area contributed by atoms with Crippen LogP contribution in [0.3, 0.4) is 0 Å². The number of methoxy groups -OCH3 is 1. The molecule has 0 aromatic heterocycles. The third kappa shape index (κ3) is 1.20. The molecular formula is C6H9FO2.